The van der Waals surface area contributed by atoms with Gasteiger partial charge in [0.15, 0.2) is 5.82 Å². The first-order valence-corrected chi connectivity index (χ1v) is 6.49. The van der Waals surface area contributed by atoms with Gasteiger partial charge in [-0.3, -0.25) is 4.79 Å². The van der Waals surface area contributed by atoms with E-state index in [4.69, 9.17) is 4.74 Å². The number of ether oxygens (including phenoxy) is 1. The molecule has 0 aliphatic carbocycles. The smallest absolute Gasteiger partial charge is 0.224 e. The first-order valence-electron chi connectivity index (χ1n) is 6.49. The minimum absolute atomic E-state index is 0.0336. The molecule has 110 valence electrons. The van der Waals surface area contributed by atoms with Gasteiger partial charge < -0.3 is 10.1 Å². The largest absolute Gasteiger partial charge is 0.486 e. The summed E-state index contributed by atoms with van der Waals surface area (Å²) in [6, 6.07) is 7.36. The lowest BCUT2D eigenvalue weighted by atomic mass is 10.1. The SMILES string of the molecule is C=CCNC(=O)Cc1ccc(OCc2nnnn2C)cc1. The van der Waals surface area contributed by atoms with Crippen molar-refractivity contribution in [3.63, 3.8) is 0 Å². The van der Waals surface area contributed by atoms with Gasteiger partial charge in [-0.2, -0.15) is 0 Å². The zero-order valence-electron chi connectivity index (χ0n) is 11.8. The second-order valence-electron chi connectivity index (χ2n) is 4.42. The highest BCUT2D eigenvalue weighted by molar-refractivity contribution is 5.78. The average Bonchev–Trinajstić information content (AvgIpc) is 2.90. The summed E-state index contributed by atoms with van der Waals surface area (Å²) in [6.45, 7) is 4.32. The topological polar surface area (TPSA) is 81.9 Å². The van der Waals surface area contributed by atoms with Crippen LogP contribution in [0.25, 0.3) is 0 Å². The highest BCUT2D eigenvalue weighted by Gasteiger charge is 2.05. The molecule has 0 spiro atoms. The first kappa shape index (κ1) is 14.7. The Morgan fingerprint density at radius 1 is 1.43 bits per heavy atom. The standard InChI is InChI=1S/C14H17N5O2/c1-3-8-15-14(20)9-11-4-6-12(7-5-11)21-10-13-16-17-18-19(13)2/h3-7H,1,8-10H2,2H3,(H,15,20). The van der Waals surface area contributed by atoms with Crippen LogP contribution >= 0.6 is 0 Å². The molecule has 7 heteroatoms. The molecule has 1 aromatic carbocycles. The van der Waals surface area contributed by atoms with Crippen molar-refractivity contribution in [2.24, 2.45) is 7.05 Å². The van der Waals surface area contributed by atoms with E-state index < -0.39 is 0 Å². The summed E-state index contributed by atoms with van der Waals surface area (Å²) < 4.78 is 7.13. The van der Waals surface area contributed by atoms with E-state index in [1.807, 2.05) is 24.3 Å². The van der Waals surface area contributed by atoms with E-state index in [1.54, 1.807) is 17.8 Å². The number of tetrazole rings is 1. The Labute approximate surface area is 122 Å². The molecular weight excluding hydrogens is 270 g/mol. The van der Waals surface area contributed by atoms with E-state index >= 15 is 0 Å². The fourth-order valence-corrected chi connectivity index (χ4v) is 1.66. The zero-order valence-corrected chi connectivity index (χ0v) is 11.8. The van der Waals surface area contributed by atoms with Crippen LogP contribution in [0.1, 0.15) is 11.4 Å². The van der Waals surface area contributed by atoms with Crippen LogP contribution in [0.15, 0.2) is 36.9 Å². The molecule has 0 fully saturated rings. The second-order valence-corrected chi connectivity index (χ2v) is 4.42. The summed E-state index contributed by atoms with van der Waals surface area (Å²) in [6.07, 6.45) is 1.98. The van der Waals surface area contributed by atoms with Gasteiger partial charge >= 0.3 is 0 Å². The van der Waals surface area contributed by atoms with Gasteiger partial charge in [0.2, 0.25) is 5.91 Å². The van der Waals surface area contributed by atoms with Crippen molar-refractivity contribution >= 4 is 5.91 Å². The molecule has 2 rings (SSSR count). The minimum Gasteiger partial charge on any atom is -0.486 e. The number of aryl methyl sites for hydroxylation is 1. The van der Waals surface area contributed by atoms with E-state index in [0.29, 0.717) is 31.1 Å². The molecule has 0 aliphatic rings. The molecule has 0 saturated heterocycles. The van der Waals surface area contributed by atoms with E-state index in [1.165, 1.54) is 0 Å². The van der Waals surface area contributed by atoms with E-state index in [-0.39, 0.29) is 5.91 Å². The zero-order chi connectivity index (χ0) is 15.1. The molecule has 1 aromatic heterocycles. The third-order valence-electron chi connectivity index (χ3n) is 2.81. The molecule has 0 aliphatic heterocycles. The predicted molar refractivity (Wildman–Crippen MR) is 76.5 cm³/mol. The number of carbonyl (C=O) groups is 1. The molecule has 7 nitrogen and oxygen atoms in total. The van der Waals surface area contributed by atoms with Crippen molar-refractivity contribution < 1.29 is 9.53 Å². The molecular formula is C14H17N5O2. The first-order chi connectivity index (χ1) is 10.2. The third kappa shape index (κ3) is 4.41. The van der Waals surface area contributed by atoms with E-state index in [2.05, 4.69) is 27.4 Å². The van der Waals surface area contributed by atoms with Crippen molar-refractivity contribution in [2.75, 3.05) is 6.54 Å². The van der Waals surface area contributed by atoms with Gasteiger partial charge in [0.05, 0.1) is 6.42 Å². The maximum Gasteiger partial charge on any atom is 0.224 e. The number of aromatic nitrogens is 4. The van der Waals surface area contributed by atoms with Crippen LogP contribution in [0.2, 0.25) is 0 Å². The van der Waals surface area contributed by atoms with Crippen LogP contribution in [0.3, 0.4) is 0 Å². The Balaban J connectivity index is 1.85. The van der Waals surface area contributed by atoms with Crippen LogP contribution in [0, 0.1) is 0 Å². The Morgan fingerprint density at radius 2 is 2.19 bits per heavy atom. The second kappa shape index (κ2) is 7.18. The van der Waals surface area contributed by atoms with Crippen LogP contribution in [0.5, 0.6) is 5.75 Å². The maximum absolute atomic E-state index is 11.6. The Morgan fingerprint density at radius 3 is 2.81 bits per heavy atom. The molecule has 2 aromatic rings. The normalized spacial score (nSPS) is 10.1. The van der Waals surface area contributed by atoms with Gasteiger partial charge in [-0.1, -0.05) is 18.2 Å². The van der Waals surface area contributed by atoms with Gasteiger partial charge in [-0.05, 0) is 28.1 Å². The molecule has 0 atom stereocenters. The van der Waals surface area contributed by atoms with Gasteiger partial charge in [0.25, 0.3) is 0 Å². The van der Waals surface area contributed by atoms with Crippen molar-refractivity contribution in [1.29, 1.82) is 0 Å². The number of hydrogen-bond acceptors (Lipinski definition) is 5. The van der Waals surface area contributed by atoms with Crippen LogP contribution in [-0.4, -0.2) is 32.7 Å². The fraction of sp³-hybridized carbons (Fsp3) is 0.286. The van der Waals surface area contributed by atoms with Gasteiger partial charge in [0.1, 0.15) is 12.4 Å². The molecule has 1 amide bonds. The quantitative estimate of drug-likeness (QED) is 0.755. The molecule has 1 heterocycles. The lowest BCUT2D eigenvalue weighted by Gasteiger charge is -2.06. The monoisotopic (exact) mass is 287 g/mol. The number of carbonyl (C=O) groups excluding carboxylic acids is 1. The number of nitrogens with zero attached hydrogens (tertiary/aromatic N) is 4. The van der Waals surface area contributed by atoms with Crippen LogP contribution < -0.4 is 10.1 Å². The van der Waals surface area contributed by atoms with Crippen molar-refractivity contribution in [3.05, 3.63) is 48.3 Å². The number of amides is 1. The van der Waals surface area contributed by atoms with Gasteiger partial charge in [-0.25, -0.2) is 4.68 Å². The third-order valence-corrected chi connectivity index (χ3v) is 2.81. The lowest BCUT2D eigenvalue weighted by Crippen LogP contribution is -2.24. The summed E-state index contributed by atoms with van der Waals surface area (Å²) in [5.41, 5.74) is 0.921. The van der Waals surface area contributed by atoms with Crippen LogP contribution in [-0.2, 0) is 24.9 Å². The van der Waals surface area contributed by atoms with E-state index in [9.17, 15) is 4.79 Å². The van der Waals surface area contributed by atoms with Crippen molar-refractivity contribution in [3.8, 4) is 5.75 Å². The summed E-state index contributed by atoms with van der Waals surface area (Å²) in [4.78, 5) is 11.6. The number of nitrogens with one attached hydrogen (secondary N) is 1. The molecule has 0 bridgehead atoms. The average molecular weight is 287 g/mol. The molecule has 1 N–H and O–H groups in total. The summed E-state index contributed by atoms with van der Waals surface area (Å²) >= 11 is 0. The summed E-state index contributed by atoms with van der Waals surface area (Å²) in [5, 5.41) is 13.8. The molecule has 0 saturated carbocycles. The van der Waals surface area contributed by atoms with E-state index in [0.717, 1.165) is 5.56 Å². The van der Waals surface area contributed by atoms with Gasteiger partial charge in [-0.15, -0.1) is 11.7 Å². The van der Waals surface area contributed by atoms with Gasteiger partial charge in [0, 0.05) is 13.6 Å². The molecule has 0 radical (unpaired) electrons. The predicted octanol–water partition coefficient (Wildman–Crippen LogP) is 0.634. The lowest BCUT2D eigenvalue weighted by molar-refractivity contribution is -0.120. The van der Waals surface area contributed by atoms with Crippen molar-refractivity contribution in [1.82, 2.24) is 25.5 Å². The number of benzene rings is 1. The summed E-state index contributed by atoms with van der Waals surface area (Å²) in [5.74, 6) is 1.31. The Hall–Kier alpha value is -2.70. The Kier molecular flexibility index (Phi) is 5.03. The van der Waals surface area contributed by atoms with Crippen LogP contribution in [0.4, 0.5) is 0 Å². The highest BCUT2D eigenvalue weighted by atomic mass is 16.5. The molecule has 0 unspecified atom stereocenters. The highest BCUT2D eigenvalue weighted by Crippen LogP contribution is 2.13. The Bertz CT molecular complexity index is 606. The molecule has 21 heavy (non-hydrogen) atoms. The number of hydrogen-bond donors (Lipinski definition) is 1. The fourth-order valence-electron chi connectivity index (χ4n) is 1.66. The number of rotatable bonds is 7. The minimum atomic E-state index is -0.0336. The summed E-state index contributed by atoms with van der Waals surface area (Å²) in [7, 11) is 1.75. The van der Waals surface area contributed by atoms with Crippen molar-refractivity contribution in [2.45, 2.75) is 13.0 Å². The maximum atomic E-state index is 11.6.